The van der Waals surface area contributed by atoms with Gasteiger partial charge in [-0.25, -0.2) is 4.99 Å². The lowest BCUT2D eigenvalue weighted by atomic mass is 9.73. The molecule has 3 saturated carbocycles. The number of hydrogen-bond donors (Lipinski definition) is 2. The minimum atomic E-state index is 0.331. The number of rotatable bonds is 3. The van der Waals surface area contributed by atoms with Crippen LogP contribution < -0.4 is 10.6 Å². The van der Waals surface area contributed by atoms with Gasteiger partial charge in [0.15, 0.2) is 0 Å². The van der Waals surface area contributed by atoms with Crippen molar-refractivity contribution in [3.05, 3.63) is 0 Å². The minimum absolute atomic E-state index is 0.331. The van der Waals surface area contributed by atoms with Crippen LogP contribution in [-0.2, 0) is 4.74 Å². The smallest absolute Gasteiger partial charge is 0.201 e. The van der Waals surface area contributed by atoms with Crippen LogP contribution in [-0.4, -0.2) is 47.6 Å². The predicted octanol–water partition coefficient (Wildman–Crippen LogP) is 4.65. The van der Waals surface area contributed by atoms with Gasteiger partial charge in [0.25, 0.3) is 0 Å². The summed E-state index contributed by atoms with van der Waals surface area (Å²) in [5, 5.41) is 8.53. The van der Waals surface area contributed by atoms with Crippen LogP contribution in [0.4, 0.5) is 0 Å². The lowest BCUT2D eigenvalue weighted by Crippen LogP contribution is -2.63. The van der Waals surface area contributed by atoms with Crippen LogP contribution >= 0.6 is 11.6 Å². The van der Waals surface area contributed by atoms with Crippen LogP contribution in [0.1, 0.15) is 84.5 Å². The fraction of sp³-hybridized carbons (Fsp3) is 0.958. The Balaban J connectivity index is 1.26. The van der Waals surface area contributed by atoms with Gasteiger partial charge in [0.05, 0.1) is 12.1 Å². The van der Waals surface area contributed by atoms with Crippen molar-refractivity contribution in [1.82, 2.24) is 10.6 Å². The van der Waals surface area contributed by atoms with Gasteiger partial charge in [-0.05, 0) is 75.5 Å². The maximum atomic E-state index is 6.50. The molecule has 5 aliphatic rings. The zero-order valence-electron chi connectivity index (χ0n) is 18.3. The third kappa shape index (κ3) is 4.23. The van der Waals surface area contributed by atoms with Crippen LogP contribution in [0.25, 0.3) is 0 Å². The summed E-state index contributed by atoms with van der Waals surface area (Å²) in [6.07, 6.45) is 14.2. The number of ether oxygens (including phenoxy) is 1. The molecule has 0 aromatic heterocycles. The maximum Gasteiger partial charge on any atom is 0.201 e. The van der Waals surface area contributed by atoms with E-state index >= 15 is 0 Å². The average Bonchev–Trinajstić information content (AvgIpc) is 3.14. The van der Waals surface area contributed by atoms with Crippen LogP contribution in [0.2, 0.25) is 0 Å². The summed E-state index contributed by atoms with van der Waals surface area (Å²) >= 11 is 6.50. The monoisotopic (exact) mass is 421 g/mol. The van der Waals surface area contributed by atoms with Crippen molar-refractivity contribution < 1.29 is 4.74 Å². The van der Waals surface area contributed by atoms with E-state index < -0.39 is 0 Å². The summed E-state index contributed by atoms with van der Waals surface area (Å²) in [6.45, 7) is 4.78. The largest absolute Gasteiger partial charge is 0.474 e. The summed E-state index contributed by atoms with van der Waals surface area (Å²) in [6, 6.07) is 2.50. The third-order valence-electron chi connectivity index (χ3n) is 8.67. The SMILES string of the molecule is CC1CC(Cl)CC(C)C1NC1CCCC2CCC(C3=NC4CCCCC4O3)NC21. The number of aliphatic imine (C=N–C) groups is 1. The van der Waals surface area contributed by atoms with Crippen molar-refractivity contribution in [2.45, 2.75) is 126 Å². The van der Waals surface area contributed by atoms with Gasteiger partial charge in [-0.15, -0.1) is 11.6 Å². The van der Waals surface area contributed by atoms with E-state index in [9.17, 15) is 0 Å². The summed E-state index contributed by atoms with van der Waals surface area (Å²) in [4.78, 5) is 5.04. The Morgan fingerprint density at radius 3 is 2.55 bits per heavy atom. The van der Waals surface area contributed by atoms with Gasteiger partial charge in [-0.3, -0.25) is 0 Å². The highest BCUT2D eigenvalue weighted by atomic mass is 35.5. The molecule has 2 N–H and O–H groups in total. The Kier molecular flexibility index (Phi) is 6.15. The average molecular weight is 422 g/mol. The molecule has 8 atom stereocenters. The first-order valence-electron chi connectivity index (χ1n) is 12.5. The van der Waals surface area contributed by atoms with Gasteiger partial charge in [0, 0.05) is 23.5 Å². The molecule has 5 rings (SSSR count). The zero-order chi connectivity index (χ0) is 20.0. The number of nitrogens with zero attached hydrogens (tertiary/aromatic N) is 1. The molecule has 3 aliphatic carbocycles. The molecule has 0 radical (unpaired) electrons. The molecule has 1 saturated heterocycles. The molecular weight excluding hydrogens is 382 g/mol. The van der Waals surface area contributed by atoms with Crippen molar-refractivity contribution >= 4 is 17.5 Å². The molecule has 5 heteroatoms. The van der Waals surface area contributed by atoms with Gasteiger partial charge in [0.2, 0.25) is 5.90 Å². The fourth-order valence-corrected chi connectivity index (χ4v) is 7.72. The van der Waals surface area contributed by atoms with Crippen LogP contribution in [0.15, 0.2) is 4.99 Å². The molecule has 2 heterocycles. The summed E-state index contributed by atoms with van der Waals surface area (Å²) in [5.74, 6) is 3.16. The van der Waals surface area contributed by atoms with Gasteiger partial charge < -0.3 is 15.4 Å². The van der Waals surface area contributed by atoms with E-state index in [4.69, 9.17) is 21.3 Å². The molecule has 0 spiro atoms. The van der Waals surface area contributed by atoms with E-state index in [1.165, 1.54) is 57.8 Å². The normalized spacial score (nSPS) is 50.2. The maximum absolute atomic E-state index is 6.50. The molecule has 4 fully saturated rings. The highest BCUT2D eigenvalue weighted by molar-refractivity contribution is 6.20. The van der Waals surface area contributed by atoms with Crippen LogP contribution in [0, 0.1) is 17.8 Å². The van der Waals surface area contributed by atoms with Crippen molar-refractivity contribution in [2.24, 2.45) is 22.7 Å². The van der Waals surface area contributed by atoms with Crippen molar-refractivity contribution in [3.63, 3.8) is 0 Å². The summed E-state index contributed by atoms with van der Waals surface area (Å²) in [7, 11) is 0. The van der Waals surface area contributed by atoms with Gasteiger partial charge in [-0.2, -0.15) is 0 Å². The van der Waals surface area contributed by atoms with E-state index in [-0.39, 0.29) is 0 Å². The lowest BCUT2D eigenvalue weighted by Gasteiger charge is -2.48. The first-order chi connectivity index (χ1) is 14.1. The Morgan fingerprint density at radius 2 is 1.76 bits per heavy atom. The number of fused-ring (bicyclic) bond motifs is 2. The standard InChI is InChI=1S/C24H40ClN3O/c1-14-12-17(25)13-15(2)22(14)26-19-8-5-6-16-10-11-20(27-23(16)19)24-28-18-7-3-4-9-21(18)29-24/h14-23,26-27H,3-13H2,1-2H3. The second-order valence-corrected chi connectivity index (χ2v) is 11.4. The number of alkyl halides is 1. The molecule has 0 aromatic carbocycles. The second kappa shape index (κ2) is 8.67. The molecule has 0 amide bonds. The molecule has 0 bridgehead atoms. The molecule has 2 aliphatic heterocycles. The van der Waals surface area contributed by atoms with Gasteiger partial charge >= 0.3 is 0 Å². The van der Waals surface area contributed by atoms with E-state index in [1.54, 1.807) is 0 Å². The van der Waals surface area contributed by atoms with Crippen LogP contribution in [0.3, 0.4) is 0 Å². The van der Waals surface area contributed by atoms with E-state index in [0.717, 1.165) is 24.7 Å². The van der Waals surface area contributed by atoms with Crippen LogP contribution in [0.5, 0.6) is 0 Å². The van der Waals surface area contributed by atoms with Crippen molar-refractivity contribution in [1.29, 1.82) is 0 Å². The highest BCUT2D eigenvalue weighted by Crippen LogP contribution is 2.38. The summed E-state index contributed by atoms with van der Waals surface area (Å²) in [5.41, 5.74) is 0. The second-order valence-electron chi connectivity index (χ2n) is 10.8. The Hall–Kier alpha value is -0.320. The molecule has 164 valence electrons. The summed E-state index contributed by atoms with van der Waals surface area (Å²) < 4.78 is 6.37. The highest BCUT2D eigenvalue weighted by Gasteiger charge is 2.44. The Bertz CT molecular complexity index is 601. The minimum Gasteiger partial charge on any atom is -0.474 e. The van der Waals surface area contributed by atoms with Crippen molar-refractivity contribution in [3.8, 4) is 0 Å². The number of hydrogen-bond acceptors (Lipinski definition) is 4. The van der Waals surface area contributed by atoms with E-state index in [1.807, 2.05) is 0 Å². The molecule has 4 nitrogen and oxygen atoms in total. The van der Waals surface area contributed by atoms with Gasteiger partial charge in [-0.1, -0.05) is 26.7 Å². The van der Waals surface area contributed by atoms with Gasteiger partial charge in [0.1, 0.15) is 6.10 Å². The first-order valence-corrected chi connectivity index (χ1v) is 12.9. The molecule has 0 aromatic rings. The number of piperidine rings is 1. The number of halogens is 1. The third-order valence-corrected chi connectivity index (χ3v) is 9.03. The molecule has 29 heavy (non-hydrogen) atoms. The predicted molar refractivity (Wildman–Crippen MR) is 120 cm³/mol. The van der Waals surface area contributed by atoms with E-state index in [0.29, 0.717) is 53.5 Å². The Labute approximate surface area is 182 Å². The number of nitrogens with one attached hydrogen (secondary N) is 2. The quantitative estimate of drug-likeness (QED) is 0.652. The van der Waals surface area contributed by atoms with E-state index in [2.05, 4.69) is 24.5 Å². The van der Waals surface area contributed by atoms with Crippen molar-refractivity contribution in [2.75, 3.05) is 0 Å². The topological polar surface area (TPSA) is 45.7 Å². The lowest BCUT2D eigenvalue weighted by molar-refractivity contribution is 0.104. The zero-order valence-corrected chi connectivity index (χ0v) is 19.0. The Morgan fingerprint density at radius 1 is 0.966 bits per heavy atom. The first kappa shape index (κ1) is 20.6. The molecular formula is C24H40ClN3O. The molecule has 8 unspecified atom stereocenters. The fourth-order valence-electron chi connectivity index (χ4n) is 7.16.